The fourth-order valence-electron chi connectivity index (χ4n) is 3.64. The molecule has 3 aromatic carbocycles. The summed E-state index contributed by atoms with van der Waals surface area (Å²) in [6, 6.07) is 21.2. The predicted molar refractivity (Wildman–Crippen MR) is 106 cm³/mol. The number of aliphatic hydroxyl groups is 3. The molecule has 0 unspecified atom stereocenters. The molecule has 0 fully saturated rings. The van der Waals surface area contributed by atoms with Crippen molar-refractivity contribution in [2.24, 2.45) is 5.73 Å². The van der Waals surface area contributed by atoms with Crippen LogP contribution in [0.4, 0.5) is 0 Å². The Labute approximate surface area is 163 Å². The minimum atomic E-state index is -1.35. The minimum Gasteiger partial charge on any atom is -0.392 e. The summed E-state index contributed by atoms with van der Waals surface area (Å²) in [6.45, 7) is -0.512. The second-order valence-electron chi connectivity index (χ2n) is 6.69. The van der Waals surface area contributed by atoms with Crippen LogP contribution in [-0.2, 0) is 30.0 Å². The highest BCUT2D eigenvalue weighted by molar-refractivity contribution is 5.95. The fraction of sp³-hybridized carbons (Fsp3) is 0.174. The molecule has 3 rings (SSSR count). The molecule has 0 atom stereocenters. The van der Waals surface area contributed by atoms with Gasteiger partial charge in [0.2, 0.25) is 5.91 Å². The molecule has 0 bridgehead atoms. The van der Waals surface area contributed by atoms with E-state index < -0.39 is 11.3 Å². The van der Waals surface area contributed by atoms with Gasteiger partial charge in [0.05, 0.1) is 19.8 Å². The standard InChI is InChI=1S/C23H23NO4/c24-22(28)23(19-7-1-4-16(10-19)13-25,20-8-2-5-17(11-20)14-26)21-9-3-6-18(12-21)15-27/h1-12,25-27H,13-15H2,(H2,24,28). The molecule has 144 valence electrons. The predicted octanol–water partition coefficient (Wildman–Crippen LogP) is 1.98. The third-order valence-electron chi connectivity index (χ3n) is 5.00. The quantitative estimate of drug-likeness (QED) is 0.473. The summed E-state index contributed by atoms with van der Waals surface area (Å²) in [5.74, 6) is -0.590. The van der Waals surface area contributed by atoms with E-state index in [1.165, 1.54) is 0 Å². The Morgan fingerprint density at radius 1 is 0.679 bits per heavy atom. The molecule has 5 N–H and O–H groups in total. The third-order valence-corrected chi connectivity index (χ3v) is 5.00. The van der Waals surface area contributed by atoms with Gasteiger partial charge in [-0.05, 0) is 33.4 Å². The molecule has 0 aliphatic carbocycles. The highest BCUT2D eigenvalue weighted by Crippen LogP contribution is 2.40. The molecule has 0 heterocycles. The Balaban J connectivity index is 2.40. The van der Waals surface area contributed by atoms with Crippen molar-refractivity contribution < 1.29 is 20.1 Å². The molecule has 0 aliphatic heterocycles. The summed E-state index contributed by atoms with van der Waals surface area (Å²) in [7, 11) is 0. The fourth-order valence-corrected chi connectivity index (χ4v) is 3.64. The van der Waals surface area contributed by atoms with Crippen LogP contribution < -0.4 is 5.73 Å². The minimum absolute atomic E-state index is 0.171. The third kappa shape index (κ3) is 3.43. The van der Waals surface area contributed by atoms with Gasteiger partial charge in [0.15, 0.2) is 0 Å². The van der Waals surface area contributed by atoms with E-state index in [9.17, 15) is 20.1 Å². The van der Waals surface area contributed by atoms with Gasteiger partial charge in [-0.1, -0.05) is 72.8 Å². The number of carbonyl (C=O) groups is 1. The molecule has 5 heteroatoms. The van der Waals surface area contributed by atoms with E-state index in [-0.39, 0.29) is 19.8 Å². The molecule has 1 amide bonds. The number of carbonyl (C=O) groups excluding carboxylic acids is 1. The lowest BCUT2D eigenvalue weighted by molar-refractivity contribution is -0.120. The van der Waals surface area contributed by atoms with Crippen molar-refractivity contribution in [1.82, 2.24) is 0 Å². The lowest BCUT2D eigenvalue weighted by atomic mass is 9.68. The zero-order chi connectivity index (χ0) is 20.1. The first-order chi connectivity index (χ1) is 13.6. The van der Waals surface area contributed by atoms with Crippen molar-refractivity contribution in [3.8, 4) is 0 Å². The van der Waals surface area contributed by atoms with Gasteiger partial charge >= 0.3 is 0 Å². The smallest absolute Gasteiger partial charge is 0.237 e. The topological polar surface area (TPSA) is 104 Å². The summed E-state index contributed by atoms with van der Waals surface area (Å²) in [4.78, 5) is 13.1. The summed E-state index contributed by atoms with van der Waals surface area (Å²) in [5.41, 5.74) is 8.45. The van der Waals surface area contributed by atoms with Gasteiger partial charge in [0, 0.05) is 0 Å². The molecule has 28 heavy (non-hydrogen) atoms. The number of aliphatic hydroxyl groups excluding tert-OH is 3. The van der Waals surface area contributed by atoms with Crippen LogP contribution in [0.25, 0.3) is 0 Å². The average Bonchev–Trinajstić information content (AvgIpc) is 2.74. The lowest BCUT2D eigenvalue weighted by Crippen LogP contribution is -2.43. The lowest BCUT2D eigenvalue weighted by Gasteiger charge is -2.33. The van der Waals surface area contributed by atoms with Crippen LogP contribution in [0.5, 0.6) is 0 Å². The first-order valence-electron chi connectivity index (χ1n) is 8.97. The van der Waals surface area contributed by atoms with Crippen molar-refractivity contribution in [3.05, 3.63) is 106 Å². The monoisotopic (exact) mass is 377 g/mol. The van der Waals surface area contributed by atoms with Crippen molar-refractivity contribution in [2.45, 2.75) is 25.2 Å². The molecule has 5 nitrogen and oxygen atoms in total. The summed E-state index contributed by atoms with van der Waals surface area (Å²) in [5, 5.41) is 28.8. The van der Waals surface area contributed by atoms with E-state index in [1.54, 1.807) is 72.8 Å². The van der Waals surface area contributed by atoms with Crippen molar-refractivity contribution in [1.29, 1.82) is 0 Å². The number of amides is 1. The van der Waals surface area contributed by atoms with Crippen LogP contribution in [0, 0.1) is 0 Å². The maximum atomic E-state index is 13.1. The van der Waals surface area contributed by atoms with E-state index in [4.69, 9.17) is 5.73 Å². The first kappa shape index (κ1) is 19.8. The highest BCUT2D eigenvalue weighted by Gasteiger charge is 2.42. The number of hydrogen-bond acceptors (Lipinski definition) is 4. The summed E-state index contributed by atoms with van der Waals surface area (Å²) in [6.07, 6.45) is 0. The number of hydrogen-bond donors (Lipinski definition) is 4. The van der Waals surface area contributed by atoms with Crippen molar-refractivity contribution in [3.63, 3.8) is 0 Å². The van der Waals surface area contributed by atoms with Crippen LogP contribution in [0.1, 0.15) is 33.4 Å². The Hall–Kier alpha value is -2.99. The van der Waals surface area contributed by atoms with Crippen molar-refractivity contribution in [2.75, 3.05) is 0 Å². The van der Waals surface area contributed by atoms with E-state index in [0.29, 0.717) is 33.4 Å². The SMILES string of the molecule is NC(=O)C(c1cccc(CO)c1)(c1cccc(CO)c1)c1cccc(CO)c1. The molecule has 0 aromatic heterocycles. The van der Waals surface area contributed by atoms with E-state index in [1.807, 2.05) is 0 Å². The normalized spacial score (nSPS) is 11.4. The number of benzene rings is 3. The molecular weight excluding hydrogens is 354 g/mol. The number of rotatable bonds is 7. The maximum Gasteiger partial charge on any atom is 0.237 e. The Morgan fingerprint density at radius 2 is 1.00 bits per heavy atom. The van der Waals surface area contributed by atoms with Crippen LogP contribution in [0.15, 0.2) is 72.8 Å². The van der Waals surface area contributed by atoms with Gasteiger partial charge < -0.3 is 21.1 Å². The van der Waals surface area contributed by atoms with Gasteiger partial charge in [-0.25, -0.2) is 0 Å². The van der Waals surface area contributed by atoms with Gasteiger partial charge in [-0.3, -0.25) is 4.79 Å². The second-order valence-corrected chi connectivity index (χ2v) is 6.69. The molecular formula is C23H23NO4. The van der Waals surface area contributed by atoms with Crippen LogP contribution in [-0.4, -0.2) is 21.2 Å². The summed E-state index contributed by atoms with van der Waals surface area (Å²) < 4.78 is 0. The first-order valence-corrected chi connectivity index (χ1v) is 8.97. The number of primary amides is 1. The number of nitrogens with two attached hydrogens (primary N) is 1. The van der Waals surface area contributed by atoms with Gasteiger partial charge in [-0.2, -0.15) is 0 Å². The Morgan fingerprint density at radius 3 is 1.25 bits per heavy atom. The highest BCUT2D eigenvalue weighted by atomic mass is 16.3. The van der Waals surface area contributed by atoms with E-state index >= 15 is 0 Å². The molecule has 0 saturated carbocycles. The molecule has 3 aromatic rings. The Bertz CT molecular complexity index is 868. The Kier molecular flexibility index (Phi) is 5.90. The van der Waals surface area contributed by atoms with E-state index in [0.717, 1.165) is 0 Å². The van der Waals surface area contributed by atoms with Gasteiger partial charge in [-0.15, -0.1) is 0 Å². The molecule has 0 aliphatic rings. The van der Waals surface area contributed by atoms with Gasteiger partial charge in [0.25, 0.3) is 0 Å². The second kappa shape index (κ2) is 8.35. The zero-order valence-corrected chi connectivity index (χ0v) is 15.4. The average molecular weight is 377 g/mol. The van der Waals surface area contributed by atoms with Crippen LogP contribution in [0.3, 0.4) is 0 Å². The van der Waals surface area contributed by atoms with Gasteiger partial charge in [0.1, 0.15) is 5.41 Å². The van der Waals surface area contributed by atoms with Crippen LogP contribution in [0.2, 0.25) is 0 Å². The zero-order valence-electron chi connectivity index (χ0n) is 15.4. The molecule has 0 saturated heterocycles. The molecule has 0 radical (unpaired) electrons. The van der Waals surface area contributed by atoms with Crippen molar-refractivity contribution >= 4 is 5.91 Å². The van der Waals surface area contributed by atoms with Crippen LogP contribution >= 0.6 is 0 Å². The molecule has 0 spiro atoms. The van der Waals surface area contributed by atoms with E-state index in [2.05, 4.69) is 0 Å². The summed E-state index contributed by atoms with van der Waals surface area (Å²) >= 11 is 0. The maximum absolute atomic E-state index is 13.1. The largest absolute Gasteiger partial charge is 0.392 e.